The monoisotopic (exact) mass is 210 g/mol. The molecule has 4 N–H and O–H groups in total. The number of aliphatic hydroxyl groups is 4. The van der Waals surface area contributed by atoms with Gasteiger partial charge in [-0.05, 0) is 25.4 Å². The van der Waals surface area contributed by atoms with E-state index in [2.05, 4.69) is 9.24 Å². The molecule has 0 aliphatic rings. The van der Waals surface area contributed by atoms with Crippen LogP contribution in [0, 0.1) is 0 Å². The van der Waals surface area contributed by atoms with Crippen LogP contribution in [0.5, 0.6) is 0 Å². The molecule has 0 fully saturated rings. The van der Waals surface area contributed by atoms with Crippen LogP contribution in [-0.4, -0.2) is 51.5 Å². The van der Waals surface area contributed by atoms with Gasteiger partial charge in [-0.1, -0.05) is 0 Å². The Morgan fingerprint density at radius 2 is 1.62 bits per heavy atom. The predicted molar refractivity (Wildman–Crippen MR) is 53.5 cm³/mol. The number of unbranched alkanes of at least 4 members (excludes halogenated alkanes) is 1. The first kappa shape index (κ1) is 13.3. The van der Waals surface area contributed by atoms with E-state index in [4.69, 9.17) is 5.11 Å². The fourth-order valence-electron chi connectivity index (χ4n) is 1.03. The minimum Gasteiger partial charge on any atom is -0.396 e. The summed E-state index contributed by atoms with van der Waals surface area (Å²) in [5.74, 6) is 0. The average Bonchev–Trinajstić information content (AvgIpc) is 2.15. The van der Waals surface area contributed by atoms with Crippen molar-refractivity contribution in [3.05, 3.63) is 0 Å². The first-order chi connectivity index (χ1) is 6.13. The van der Waals surface area contributed by atoms with Crippen molar-refractivity contribution in [2.24, 2.45) is 0 Å². The van der Waals surface area contributed by atoms with E-state index in [1.807, 2.05) is 0 Å². The summed E-state index contributed by atoms with van der Waals surface area (Å²) in [5, 5.41) is 36.3. The first-order valence-corrected chi connectivity index (χ1v) is 5.30. The van der Waals surface area contributed by atoms with Crippen LogP contribution in [0.1, 0.15) is 19.3 Å². The maximum absolute atomic E-state index is 9.34. The molecule has 4 atom stereocenters. The molecule has 0 aromatic rings. The Bertz CT molecular complexity index is 123. The van der Waals surface area contributed by atoms with Crippen molar-refractivity contribution in [1.29, 1.82) is 0 Å². The zero-order valence-corrected chi connectivity index (χ0v) is 8.79. The fourth-order valence-corrected chi connectivity index (χ4v) is 1.31. The van der Waals surface area contributed by atoms with Crippen molar-refractivity contribution >= 4 is 9.24 Å². The molecule has 0 heterocycles. The van der Waals surface area contributed by atoms with Gasteiger partial charge >= 0.3 is 0 Å². The highest BCUT2D eigenvalue weighted by Crippen LogP contribution is 2.09. The average molecular weight is 210 g/mol. The maximum Gasteiger partial charge on any atom is 0.106 e. The van der Waals surface area contributed by atoms with Gasteiger partial charge in [-0.3, -0.25) is 0 Å². The molecule has 4 nitrogen and oxygen atoms in total. The Balaban J connectivity index is 3.62. The number of hydrogen-bond acceptors (Lipinski definition) is 4. The number of hydrogen-bond donors (Lipinski definition) is 4. The van der Waals surface area contributed by atoms with Crippen molar-refractivity contribution < 1.29 is 20.4 Å². The van der Waals surface area contributed by atoms with Gasteiger partial charge in [0.1, 0.15) is 6.10 Å². The van der Waals surface area contributed by atoms with E-state index in [9.17, 15) is 15.3 Å². The van der Waals surface area contributed by atoms with Gasteiger partial charge < -0.3 is 20.4 Å². The summed E-state index contributed by atoms with van der Waals surface area (Å²) in [6.45, 7) is 0.0923. The molecule has 0 rings (SSSR count). The van der Waals surface area contributed by atoms with Gasteiger partial charge in [-0.25, -0.2) is 0 Å². The number of rotatable bonds is 7. The molecule has 80 valence electrons. The van der Waals surface area contributed by atoms with Gasteiger partial charge in [0.05, 0.1) is 12.2 Å². The molecule has 0 saturated carbocycles. The highest BCUT2D eigenvalue weighted by molar-refractivity contribution is 7.16. The largest absolute Gasteiger partial charge is 0.396 e. The van der Waals surface area contributed by atoms with Gasteiger partial charge in [-0.2, -0.15) is 0 Å². The Morgan fingerprint density at radius 3 is 2.08 bits per heavy atom. The lowest BCUT2D eigenvalue weighted by atomic mass is 10.0. The molecular formula is C8H19O4P. The standard InChI is InChI=1S/C8H19O4P/c9-4-2-1-3-6(10)8(12)7(11)5-13/h6-12H,1-5,13H2. The fraction of sp³-hybridized carbons (Fsp3) is 1.00. The second-order valence-corrected chi connectivity index (χ2v) is 3.55. The lowest BCUT2D eigenvalue weighted by Gasteiger charge is -2.21. The van der Waals surface area contributed by atoms with E-state index in [1.165, 1.54) is 0 Å². The molecule has 0 aromatic heterocycles. The molecule has 0 bridgehead atoms. The van der Waals surface area contributed by atoms with Crippen LogP contribution < -0.4 is 0 Å². The van der Waals surface area contributed by atoms with E-state index < -0.39 is 18.3 Å². The lowest BCUT2D eigenvalue weighted by molar-refractivity contribution is -0.0535. The van der Waals surface area contributed by atoms with Crippen LogP contribution in [0.4, 0.5) is 0 Å². The van der Waals surface area contributed by atoms with Crippen LogP contribution >= 0.6 is 9.24 Å². The van der Waals surface area contributed by atoms with Crippen LogP contribution in [0.2, 0.25) is 0 Å². The first-order valence-electron chi connectivity index (χ1n) is 4.48. The minimum atomic E-state index is -1.09. The molecule has 0 saturated heterocycles. The molecular weight excluding hydrogens is 191 g/mol. The van der Waals surface area contributed by atoms with Crippen LogP contribution in [-0.2, 0) is 0 Å². The molecule has 4 unspecified atom stereocenters. The van der Waals surface area contributed by atoms with Gasteiger partial charge in [0, 0.05) is 6.61 Å². The Kier molecular flexibility index (Phi) is 7.81. The van der Waals surface area contributed by atoms with Gasteiger partial charge in [0.25, 0.3) is 0 Å². The van der Waals surface area contributed by atoms with E-state index in [-0.39, 0.29) is 6.61 Å². The SMILES string of the molecule is OCCCCC(O)C(O)C(O)CP. The molecule has 0 amide bonds. The van der Waals surface area contributed by atoms with Gasteiger partial charge in [0.2, 0.25) is 0 Å². The molecule has 0 aromatic carbocycles. The van der Waals surface area contributed by atoms with Gasteiger partial charge in [-0.15, -0.1) is 9.24 Å². The van der Waals surface area contributed by atoms with Gasteiger partial charge in [0.15, 0.2) is 0 Å². The molecule has 0 aliphatic carbocycles. The van der Waals surface area contributed by atoms with Crippen molar-refractivity contribution in [3.8, 4) is 0 Å². The third-order valence-corrected chi connectivity index (χ3v) is 2.42. The summed E-state index contributed by atoms with van der Waals surface area (Å²) >= 11 is 0. The predicted octanol–water partition coefficient (Wildman–Crippen LogP) is -0.893. The topological polar surface area (TPSA) is 80.9 Å². The summed E-state index contributed by atoms with van der Waals surface area (Å²) in [5.41, 5.74) is 0. The maximum atomic E-state index is 9.34. The highest BCUT2D eigenvalue weighted by Gasteiger charge is 2.22. The van der Waals surface area contributed by atoms with E-state index >= 15 is 0 Å². The lowest BCUT2D eigenvalue weighted by Crippen LogP contribution is -2.38. The summed E-state index contributed by atoms with van der Waals surface area (Å²) in [4.78, 5) is 0. The highest BCUT2D eigenvalue weighted by atomic mass is 31.0. The normalized spacial score (nSPS) is 18.2. The smallest absolute Gasteiger partial charge is 0.106 e. The summed E-state index contributed by atoms with van der Waals surface area (Å²) in [7, 11) is 2.30. The minimum absolute atomic E-state index is 0.0923. The zero-order valence-electron chi connectivity index (χ0n) is 7.63. The van der Waals surface area contributed by atoms with E-state index in [1.54, 1.807) is 0 Å². The summed E-state index contributed by atoms with van der Waals surface area (Å²) < 4.78 is 0. The Morgan fingerprint density at radius 1 is 1.00 bits per heavy atom. The summed E-state index contributed by atoms with van der Waals surface area (Å²) in [6.07, 6.45) is -0.867. The number of aliphatic hydroxyl groups excluding tert-OH is 4. The molecule has 0 radical (unpaired) electrons. The Labute approximate surface area is 80.8 Å². The van der Waals surface area contributed by atoms with Crippen molar-refractivity contribution in [1.82, 2.24) is 0 Å². The van der Waals surface area contributed by atoms with Crippen LogP contribution in [0.25, 0.3) is 0 Å². The van der Waals surface area contributed by atoms with Crippen LogP contribution in [0.3, 0.4) is 0 Å². The molecule has 0 spiro atoms. The Hall–Kier alpha value is 0.270. The van der Waals surface area contributed by atoms with Crippen molar-refractivity contribution in [2.75, 3.05) is 12.8 Å². The second kappa shape index (κ2) is 7.65. The zero-order chi connectivity index (χ0) is 10.3. The van der Waals surface area contributed by atoms with E-state index in [0.717, 1.165) is 0 Å². The molecule has 13 heavy (non-hydrogen) atoms. The third kappa shape index (κ3) is 5.55. The van der Waals surface area contributed by atoms with Crippen molar-refractivity contribution in [2.45, 2.75) is 37.6 Å². The summed E-state index contributed by atoms with van der Waals surface area (Å²) in [6, 6.07) is 0. The second-order valence-electron chi connectivity index (χ2n) is 3.08. The quantitative estimate of drug-likeness (QED) is 0.324. The van der Waals surface area contributed by atoms with E-state index in [0.29, 0.717) is 25.4 Å². The third-order valence-electron chi connectivity index (χ3n) is 1.94. The molecule has 0 aliphatic heterocycles. The van der Waals surface area contributed by atoms with Crippen LogP contribution in [0.15, 0.2) is 0 Å². The molecule has 5 heteroatoms. The van der Waals surface area contributed by atoms with Crippen molar-refractivity contribution in [3.63, 3.8) is 0 Å².